The Morgan fingerprint density at radius 3 is 1.48 bits per heavy atom. The summed E-state index contributed by atoms with van der Waals surface area (Å²) in [5.74, 6) is 1.07. The van der Waals surface area contributed by atoms with Gasteiger partial charge in [0.25, 0.3) is 0 Å². The first-order chi connectivity index (χ1) is 30.2. The van der Waals surface area contributed by atoms with Crippen molar-refractivity contribution in [3.63, 3.8) is 0 Å². The van der Waals surface area contributed by atoms with Gasteiger partial charge < -0.3 is 0 Å². The second-order valence-corrected chi connectivity index (χ2v) is 15.7. The average molecular weight is 779 g/mol. The minimum Gasteiger partial charge on any atom is -0.296 e. The van der Waals surface area contributed by atoms with Gasteiger partial charge in [0, 0.05) is 12.1 Å². The van der Waals surface area contributed by atoms with Crippen LogP contribution in [0.5, 0.6) is 0 Å². The van der Waals surface area contributed by atoms with Crippen molar-refractivity contribution >= 4 is 32.6 Å². The second kappa shape index (κ2) is 15.4. The Kier molecular flexibility index (Phi) is 9.17. The largest absolute Gasteiger partial charge is 0.296 e. The number of hydrogen-bond acceptors (Lipinski definition) is 1. The lowest BCUT2D eigenvalue weighted by Crippen LogP contribution is -1.99. The highest BCUT2D eigenvalue weighted by atomic mass is 15.1. The number of aromatic nitrogens is 2. The fourth-order valence-corrected chi connectivity index (χ4v) is 9.25. The zero-order valence-electron chi connectivity index (χ0n) is 34.0. The predicted molar refractivity (Wildman–Crippen MR) is 258 cm³/mol. The first-order valence-corrected chi connectivity index (χ1v) is 21.2. The molecule has 1 heterocycles. The van der Waals surface area contributed by atoms with E-state index in [1.54, 1.807) is 0 Å². The summed E-state index contributed by atoms with van der Waals surface area (Å²) >= 11 is 0. The van der Waals surface area contributed by atoms with E-state index in [1.807, 2.05) is 0 Å². The molecule has 0 bridgehead atoms. The van der Waals surface area contributed by atoms with Gasteiger partial charge in [-0.15, -0.1) is 0 Å². The molecule has 0 aliphatic heterocycles. The van der Waals surface area contributed by atoms with E-state index in [4.69, 9.17) is 4.98 Å². The maximum Gasteiger partial charge on any atom is 0.114 e. The van der Waals surface area contributed by atoms with Gasteiger partial charge in [0.15, 0.2) is 0 Å². The van der Waals surface area contributed by atoms with Crippen LogP contribution in [-0.4, -0.2) is 9.55 Å². The second-order valence-electron chi connectivity index (χ2n) is 15.7. The van der Waals surface area contributed by atoms with Gasteiger partial charge in [-0.3, -0.25) is 4.57 Å². The first kappa shape index (κ1) is 36.3. The van der Waals surface area contributed by atoms with Gasteiger partial charge in [-0.1, -0.05) is 195 Å². The van der Waals surface area contributed by atoms with E-state index in [1.165, 1.54) is 88.3 Å². The van der Waals surface area contributed by atoms with Gasteiger partial charge in [-0.25, -0.2) is 4.98 Å². The van der Waals surface area contributed by atoms with Gasteiger partial charge in [-0.2, -0.15) is 0 Å². The van der Waals surface area contributed by atoms with Gasteiger partial charge in [0.2, 0.25) is 0 Å². The molecule has 0 spiro atoms. The topological polar surface area (TPSA) is 17.8 Å². The standard InChI is InChI=1S/C59H42N2/c1-2-57-60-55-24-14-15-25-56(55)61(57)48-34-30-43(31-35-48)42-26-28-45(29-27-42)58-49-22-12-13-23-50(49)59(54-39-47(33-37-52(54)58)41-18-8-4-9-19-41)51-36-32-46(40-16-6-3-7-17-40)38-53(51)44-20-10-5-11-21-44/h3-39H,2H2,1H3. The Hall–Kier alpha value is -7.81. The maximum absolute atomic E-state index is 4.91. The molecule has 0 amide bonds. The Morgan fingerprint density at radius 1 is 0.344 bits per heavy atom. The zero-order chi connectivity index (χ0) is 40.7. The zero-order valence-corrected chi connectivity index (χ0v) is 34.0. The number of nitrogens with zero attached hydrogens (tertiary/aromatic N) is 2. The molecular formula is C59H42N2. The van der Waals surface area contributed by atoms with Crippen LogP contribution < -0.4 is 0 Å². The number of benzene rings is 10. The number of aryl methyl sites for hydroxylation is 1. The van der Waals surface area contributed by atoms with Crippen LogP contribution in [0, 0.1) is 0 Å². The van der Waals surface area contributed by atoms with Crippen LogP contribution in [0.2, 0.25) is 0 Å². The Balaban J connectivity index is 1.08. The molecule has 0 aliphatic carbocycles. The molecule has 0 unspecified atom stereocenters. The molecule has 0 fully saturated rings. The van der Waals surface area contributed by atoms with E-state index in [0.717, 1.165) is 29.0 Å². The van der Waals surface area contributed by atoms with Gasteiger partial charge in [0.05, 0.1) is 11.0 Å². The third-order valence-electron chi connectivity index (χ3n) is 12.2. The molecule has 0 saturated heterocycles. The average Bonchev–Trinajstić information content (AvgIpc) is 3.73. The van der Waals surface area contributed by atoms with Gasteiger partial charge in [-0.05, 0) is 125 Å². The highest BCUT2D eigenvalue weighted by Crippen LogP contribution is 2.48. The van der Waals surface area contributed by atoms with Crippen LogP contribution in [0.3, 0.4) is 0 Å². The molecule has 10 aromatic carbocycles. The molecule has 2 heteroatoms. The number of hydrogen-bond donors (Lipinski definition) is 0. The predicted octanol–water partition coefficient (Wildman–Crippen LogP) is 15.9. The maximum atomic E-state index is 4.91. The molecule has 0 aliphatic rings. The van der Waals surface area contributed by atoms with Crippen molar-refractivity contribution in [3.8, 4) is 72.4 Å². The van der Waals surface area contributed by atoms with Crippen LogP contribution in [-0.2, 0) is 6.42 Å². The van der Waals surface area contributed by atoms with Gasteiger partial charge in [0.1, 0.15) is 5.82 Å². The minimum absolute atomic E-state index is 0.866. The number of imidazole rings is 1. The van der Waals surface area contributed by atoms with Crippen LogP contribution >= 0.6 is 0 Å². The summed E-state index contributed by atoms with van der Waals surface area (Å²) in [5, 5.41) is 4.94. The van der Waals surface area contributed by atoms with Crippen LogP contribution in [0.1, 0.15) is 12.7 Å². The highest BCUT2D eigenvalue weighted by molar-refractivity contribution is 6.23. The summed E-state index contributed by atoms with van der Waals surface area (Å²) in [6, 6.07) is 81.8. The van der Waals surface area contributed by atoms with Crippen molar-refractivity contribution in [2.45, 2.75) is 13.3 Å². The van der Waals surface area contributed by atoms with E-state index in [-0.39, 0.29) is 0 Å². The van der Waals surface area contributed by atoms with Crippen LogP contribution in [0.25, 0.3) is 105 Å². The van der Waals surface area contributed by atoms with Crippen molar-refractivity contribution in [3.05, 3.63) is 230 Å². The molecule has 2 nitrogen and oxygen atoms in total. The normalized spacial score (nSPS) is 11.4. The van der Waals surface area contributed by atoms with Crippen LogP contribution in [0.15, 0.2) is 224 Å². The summed E-state index contributed by atoms with van der Waals surface area (Å²) in [5.41, 5.74) is 17.8. The van der Waals surface area contributed by atoms with Crippen LogP contribution in [0.4, 0.5) is 0 Å². The van der Waals surface area contributed by atoms with Crippen molar-refractivity contribution < 1.29 is 0 Å². The minimum atomic E-state index is 0.866. The SMILES string of the molecule is CCc1nc2ccccc2n1-c1ccc(-c2ccc(-c3c4ccccc4c(-c4ccc(-c5ccccc5)cc4-c4ccccc4)c4cc(-c5ccccc5)ccc34)cc2)cc1. The molecule has 61 heavy (non-hydrogen) atoms. The summed E-state index contributed by atoms with van der Waals surface area (Å²) in [6.07, 6.45) is 0.866. The highest BCUT2D eigenvalue weighted by Gasteiger charge is 2.21. The molecule has 0 atom stereocenters. The lowest BCUT2D eigenvalue weighted by atomic mass is 9.82. The molecule has 1 aromatic heterocycles. The smallest absolute Gasteiger partial charge is 0.114 e. The fraction of sp³-hybridized carbons (Fsp3) is 0.0339. The van der Waals surface area contributed by atoms with Gasteiger partial charge >= 0.3 is 0 Å². The summed E-state index contributed by atoms with van der Waals surface area (Å²) in [7, 11) is 0. The molecule has 0 N–H and O–H groups in total. The van der Waals surface area contributed by atoms with Crippen molar-refractivity contribution in [2.24, 2.45) is 0 Å². The van der Waals surface area contributed by atoms with Crippen molar-refractivity contribution in [2.75, 3.05) is 0 Å². The molecule has 11 rings (SSSR count). The Morgan fingerprint density at radius 2 is 0.820 bits per heavy atom. The van der Waals surface area contributed by atoms with E-state index in [0.29, 0.717) is 0 Å². The summed E-state index contributed by atoms with van der Waals surface area (Å²) < 4.78 is 2.28. The Bertz CT molecular complexity index is 3350. The molecular weight excluding hydrogens is 737 g/mol. The molecule has 0 radical (unpaired) electrons. The number of rotatable bonds is 8. The quantitative estimate of drug-likeness (QED) is 0.141. The fourth-order valence-electron chi connectivity index (χ4n) is 9.25. The third-order valence-corrected chi connectivity index (χ3v) is 12.2. The lowest BCUT2D eigenvalue weighted by molar-refractivity contribution is 0.908. The van der Waals surface area contributed by atoms with Crippen molar-refractivity contribution in [1.29, 1.82) is 0 Å². The first-order valence-electron chi connectivity index (χ1n) is 21.2. The number of para-hydroxylation sites is 2. The lowest BCUT2D eigenvalue weighted by Gasteiger charge is -2.21. The molecule has 288 valence electrons. The third kappa shape index (κ3) is 6.50. The summed E-state index contributed by atoms with van der Waals surface area (Å²) in [4.78, 5) is 4.91. The van der Waals surface area contributed by atoms with E-state index in [9.17, 15) is 0 Å². The van der Waals surface area contributed by atoms with E-state index in [2.05, 4.69) is 236 Å². The monoisotopic (exact) mass is 778 g/mol. The van der Waals surface area contributed by atoms with E-state index < -0.39 is 0 Å². The molecule has 0 saturated carbocycles. The molecule has 11 aromatic rings. The Labute approximate surface area is 356 Å². The number of fused-ring (bicyclic) bond motifs is 3. The van der Waals surface area contributed by atoms with E-state index >= 15 is 0 Å². The summed E-state index contributed by atoms with van der Waals surface area (Å²) in [6.45, 7) is 2.17. The van der Waals surface area contributed by atoms with Crippen molar-refractivity contribution in [1.82, 2.24) is 9.55 Å².